The van der Waals surface area contributed by atoms with Gasteiger partial charge in [-0.05, 0) is 46.3 Å². The third kappa shape index (κ3) is 3.65. The lowest BCUT2D eigenvalue weighted by Gasteiger charge is -2.08. The number of rotatable bonds is 2. The smallest absolute Gasteiger partial charge is 0.255 e. The number of anilines is 1. The van der Waals surface area contributed by atoms with Crippen molar-refractivity contribution in [1.29, 1.82) is 0 Å². The Labute approximate surface area is 126 Å². The molecule has 1 amide bonds. The minimum absolute atomic E-state index is 0.107. The van der Waals surface area contributed by atoms with Crippen LogP contribution in [-0.2, 0) is 0 Å². The summed E-state index contributed by atoms with van der Waals surface area (Å²) in [5, 5.41) is 2.77. The first-order chi connectivity index (χ1) is 8.95. The monoisotopic (exact) mass is 362 g/mol. The second-order valence-electron chi connectivity index (χ2n) is 3.58. The molecule has 0 spiro atoms. The maximum absolute atomic E-state index is 13.1. The Balaban J connectivity index is 2.28. The van der Waals surface area contributed by atoms with Gasteiger partial charge in [0, 0.05) is 10.0 Å². The maximum atomic E-state index is 13.1. The van der Waals surface area contributed by atoms with Crippen molar-refractivity contribution in [3.63, 3.8) is 0 Å². The topological polar surface area (TPSA) is 42.0 Å². The van der Waals surface area contributed by atoms with Crippen molar-refractivity contribution in [3.05, 3.63) is 56.5 Å². The lowest BCUT2D eigenvalue weighted by molar-refractivity contribution is 0.102. The number of aromatic nitrogens is 1. The number of nitrogens with zero attached hydrogens (tertiary/aromatic N) is 1. The number of nitrogens with one attached hydrogen (secondary N) is 1. The SMILES string of the molecule is O=C(Nc1cc(F)ccc1Br)c1cc(Cl)nc(Cl)c1. The van der Waals surface area contributed by atoms with Gasteiger partial charge >= 0.3 is 0 Å². The van der Waals surface area contributed by atoms with Gasteiger partial charge in [0.1, 0.15) is 16.1 Å². The predicted octanol–water partition coefficient (Wildman–Crippen LogP) is 4.54. The number of halogens is 4. The summed E-state index contributed by atoms with van der Waals surface area (Å²) in [6, 6.07) is 6.72. The highest BCUT2D eigenvalue weighted by Gasteiger charge is 2.11. The highest BCUT2D eigenvalue weighted by atomic mass is 79.9. The minimum Gasteiger partial charge on any atom is -0.321 e. The fraction of sp³-hybridized carbons (Fsp3) is 0. The Hall–Kier alpha value is -1.17. The highest BCUT2D eigenvalue weighted by Crippen LogP contribution is 2.24. The molecule has 0 aliphatic rings. The van der Waals surface area contributed by atoms with Gasteiger partial charge in [-0.2, -0.15) is 0 Å². The first kappa shape index (κ1) is 14.2. The van der Waals surface area contributed by atoms with E-state index in [4.69, 9.17) is 23.2 Å². The minimum atomic E-state index is -0.461. The van der Waals surface area contributed by atoms with Gasteiger partial charge in [-0.3, -0.25) is 4.79 Å². The molecule has 0 saturated carbocycles. The molecular formula is C12H6BrCl2FN2O. The van der Waals surface area contributed by atoms with Crippen molar-refractivity contribution in [2.45, 2.75) is 0 Å². The van der Waals surface area contributed by atoms with Crippen LogP contribution in [0.5, 0.6) is 0 Å². The summed E-state index contributed by atoms with van der Waals surface area (Å²) < 4.78 is 13.7. The fourth-order valence-corrected chi connectivity index (χ4v) is 2.19. The van der Waals surface area contributed by atoms with E-state index in [0.717, 1.165) is 0 Å². The predicted molar refractivity (Wildman–Crippen MR) is 76.3 cm³/mol. The largest absolute Gasteiger partial charge is 0.321 e. The van der Waals surface area contributed by atoms with Crippen molar-refractivity contribution >= 4 is 50.7 Å². The van der Waals surface area contributed by atoms with Crippen LogP contribution < -0.4 is 5.32 Å². The number of carbonyl (C=O) groups is 1. The fourth-order valence-electron chi connectivity index (χ4n) is 1.38. The Morgan fingerprint density at radius 2 is 1.84 bits per heavy atom. The van der Waals surface area contributed by atoms with E-state index in [1.54, 1.807) is 0 Å². The van der Waals surface area contributed by atoms with E-state index >= 15 is 0 Å². The average Bonchev–Trinajstić information content (AvgIpc) is 2.32. The molecule has 19 heavy (non-hydrogen) atoms. The van der Waals surface area contributed by atoms with E-state index in [-0.39, 0.29) is 15.9 Å². The number of carbonyl (C=O) groups excluding carboxylic acids is 1. The molecule has 0 saturated heterocycles. The van der Waals surface area contributed by atoms with E-state index in [1.165, 1.54) is 30.3 Å². The van der Waals surface area contributed by atoms with Gasteiger partial charge in [0.2, 0.25) is 0 Å². The molecule has 0 atom stereocenters. The molecule has 0 radical (unpaired) electrons. The van der Waals surface area contributed by atoms with Crippen molar-refractivity contribution in [3.8, 4) is 0 Å². The van der Waals surface area contributed by atoms with Crippen molar-refractivity contribution in [2.24, 2.45) is 0 Å². The van der Waals surface area contributed by atoms with Crippen LogP contribution in [0.2, 0.25) is 10.3 Å². The summed E-state index contributed by atoms with van der Waals surface area (Å²) in [6.07, 6.45) is 0. The molecule has 2 aromatic rings. The summed E-state index contributed by atoms with van der Waals surface area (Å²) >= 11 is 14.6. The highest BCUT2D eigenvalue weighted by molar-refractivity contribution is 9.10. The second kappa shape index (κ2) is 5.86. The van der Waals surface area contributed by atoms with Crippen molar-refractivity contribution < 1.29 is 9.18 Å². The van der Waals surface area contributed by atoms with Crippen molar-refractivity contribution in [1.82, 2.24) is 4.98 Å². The number of hydrogen-bond acceptors (Lipinski definition) is 2. The number of hydrogen-bond donors (Lipinski definition) is 1. The molecule has 98 valence electrons. The normalized spacial score (nSPS) is 10.3. The Morgan fingerprint density at radius 1 is 1.21 bits per heavy atom. The summed E-state index contributed by atoms with van der Waals surface area (Å²) in [6.45, 7) is 0. The molecule has 3 nitrogen and oxygen atoms in total. The van der Waals surface area contributed by atoms with Gasteiger partial charge in [0.05, 0.1) is 5.69 Å². The van der Waals surface area contributed by atoms with Gasteiger partial charge in [0.25, 0.3) is 5.91 Å². The van der Waals surface area contributed by atoms with Gasteiger partial charge < -0.3 is 5.32 Å². The van der Waals surface area contributed by atoms with Crippen LogP contribution in [-0.4, -0.2) is 10.9 Å². The van der Waals surface area contributed by atoms with Crippen LogP contribution in [0.4, 0.5) is 10.1 Å². The lowest BCUT2D eigenvalue weighted by Crippen LogP contribution is -2.12. The zero-order chi connectivity index (χ0) is 14.0. The van der Waals surface area contributed by atoms with E-state index < -0.39 is 11.7 Å². The second-order valence-corrected chi connectivity index (χ2v) is 5.21. The maximum Gasteiger partial charge on any atom is 0.255 e. The lowest BCUT2D eigenvalue weighted by atomic mass is 10.2. The van der Waals surface area contributed by atoms with Gasteiger partial charge in [0.15, 0.2) is 0 Å². The Kier molecular flexibility index (Phi) is 4.39. The van der Waals surface area contributed by atoms with Gasteiger partial charge in [-0.15, -0.1) is 0 Å². The number of amides is 1. The number of pyridine rings is 1. The molecule has 0 unspecified atom stereocenters. The summed E-state index contributed by atoms with van der Waals surface area (Å²) in [7, 11) is 0. The van der Waals surface area contributed by atoms with E-state index in [0.29, 0.717) is 10.2 Å². The van der Waals surface area contributed by atoms with E-state index in [9.17, 15) is 9.18 Å². The Bertz CT molecular complexity index is 631. The van der Waals surface area contributed by atoms with Gasteiger partial charge in [-0.25, -0.2) is 9.37 Å². The molecule has 7 heteroatoms. The third-order valence-electron chi connectivity index (χ3n) is 2.20. The molecular weight excluding hydrogens is 358 g/mol. The van der Waals surface area contributed by atoms with E-state index in [1.807, 2.05) is 0 Å². The third-order valence-corrected chi connectivity index (χ3v) is 3.28. The zero-order valence-corrected chi connectivity index (χ0v) is 12.4. The standard InChI is InChI=1S/C12H6BrCl2FN2O/c13-8-2-1-7(16)5-9(8)17-12(19)6-3-10(14)18-11(15)4-6/h1-5H,(H,17,19). The van der Waals surface area contributed by atoms with Crippen LogP contribution in [0.3, 0.4) is 0 Å². The first-order valence-corrected chi connectivity index (χ1v) is 6.60. The molecule has 2 rings (SSSR count). The molecule has 1 N–H and O–H groups in total. The van der Waals surface area contributed by atoms with Gasteiger partial charge in [-0.1, -0.05) is 23.2 Å². The van der Waals surface area contributed by atoms with Crippen molar-refractivity contribution in [2.75, 3.05) is 5.32 Å². The van der Waals surface area contributed by atoms with Crippen LogP contribution in [0, 0.1) is 5.82 Å². The molecule has 0 bridgehead atoms. The average molecular weight is 364 g/mol. The molecule has 1 heterocycles. The zero-order valence-electron chi connectivity index (χ0n) is 9.25. The molecule has 0 aliphatic carbocycles. The number of benzene rings is 1. The van der Waals surface area contributed by atoms with Crippen LogP contribution in [0.25, 0.3) is 0 Å². The van der Waals surface area contributed by atoms with Crippen LogP contribution >= 0.6 is 39.1 Å². The summed E-state index contributed by atoms with van der Waals surface area (Å²) in [4.78, 5) is 15.7. The Morgan fingerprint density at radius 3 is 2.47 bits per heavy atom. The van der Waals surface area contributed by atoms with Crippen LogP contribution in [0.15, 0.2) is 34.8 Å². The quantitative estimate of drug-likeness (QED) is 0.795. The molecule has 0 aliphatic heterocycles. The summed E-state index contributed by atoms with van der Waals surface area (Å²) in [5.41, 5.74) is 0.551. The molecule has 0 fully saturated rings. The molecule has 1 aromatic heterocycles. The van der Waals surface area contributed by atoms with E-state index in [2.05, 4.69) is 26.2 Å². The van der Waals surface area contributed by atoms with Crippen LogP contribution in [0.1, 0.15) is 10.4 Å². The molecule has 1 aromatic carbocycles. The summed E-state index contributed by atoms with van der Waals surface area (Å²) in [5.74, 6) is -0.915. The first-order valence-electron chi connectivity index (χ1n) is 5.05.